The lowest BCUT2D eigenvalue weighted by Crippen LogP contribution is -2.52. The third kappa shape index (κ3) is 4.71. The molecule has 4 N–H and O–H groups in total. The second-order valence-corrected chi connectivity index (χ2v) is 5.61. The Bertz CT molecular complexity index is 376. The Labute approximate surface area is 118 Å². The molecule has 0 aromatic heterocycles. The highest BCUT2D eigenvalue weighted by molar-refractivity contribution is 5.82. The monoisotopic (exact) mass is 285 g/mol. The predicted molar refractivity (Wildman–Crippen MR) is 72.9 cm³/mol. The molecular weight excluding hydrogens is 262 g/mol. The molecule has 1 fully saturated rings. The molecule has 0 aromatic carbocycles. The number of primary amides is 1. The number of nitrogens with zero attached hydrogens (tertiary/aromatic N) is 1. The van der Waals surface area contributed by atoms with Crippen molar-refractivity contribution in [1.82, 2.24) is 10.2 Å². The highest BCUT2D eigenvalue weighted by Gasteiger charge is 2.28. The minimum Gasteiger partial charge on any atom is -0.480 e. The number of hydrogen-bond acceptors (Lipinski definition) is 3. The van der Waals surface area contributed by atoms with E-state index >= 15 is 0 Å². The first-order chi connectivity index (χ1) is 9.31. The number of carboxylic acids is 1. The van der Waals surface area contributed by atoms with E-state index in [1.807, 2.05) is 0 Å². The lowest BCUT2D eigenvalue weighted by Gasteiger charge is -2.32. The SMILES string of the molecule is CC(C)[C@H](NC(=O)N1CCC(CC(N)=O)CC1)C(=O)O. The van der Waals surface area contributed by atoms with Crippen LogP contribution in [-0.2, 0) is 9.59 Å². The van der Waals surface area contributed by atoms with E-state index in [1.54, 1.807) is 18.7 Å². The van der Waals surface area contributed by atoms with Crippen molar-refractivity contribution in [3.63, 3.8) is 0 Å². The van der Waals surface area contributed by atoms with Crippen molar-refractivity contribution < 1.29 is 19.5 Å². The molecule has 0 spiro atoms. The molecule has 1 aliphatic rings. The lowest BCUT2D eigenvalue weighted by atomic mass is 9.93. The van der Waals surface area contributed by atoms with Gasteiger partial charge in [0.15, 0.2) is 0 Å². The Morgan fingerprint density at radius 2 is 1.85 bits per heavy atom. The van der Waals surface area contributed by atoms with Gasteiger partial charge < -0.3 is 21.1 Å². The van der Waals surface area contributed by atoms with Gasteiger partial charge in [-0.3, -0.25) is 4.79 Å². The topological polar surface area (TPSA) is 113 Å². The molecule has 1 aliphatic heterocycles. The summed E-state index contributed by atoms with van der Waals surface area (Å²) in [4.78, 5) is 35.5. The zero-order valence-corrected chi connectivity index (χ0v) is 12.0. The second-order valence-electron chi connectivity index (χ2n) is 5.61. The van der Waals surface area contributed by atoms with Gasteiger partial charge in [0.1, 0.15) is 6.04 Å². The van der Waals surface area contributed by atoms with Crippen LogP contribution in [0.25, 0.3) is 0 Å². The summed E-state index contributed by atoms with van der Waals surface area (Å²) in [5.41, 5.74) is 5.15. The molecule has 0 aromatic rings. The summed E-state index contributed by atoms with van der Waals surface area (Å²) < 4.78 is 0. The average Bonchev–Trinajstić information content (AvgIpc) is 2.35. The van der Waals surface area contributed by atoms with Gasteiger partial charge >= 0.3 is 12.0 Å². The number of carbonyl (C=O) groups is 3. The van der Waals surface area contributed by atoms with Crippen LogP contribution in [0.5, 0.6) is 0 Å². The highest BCUT2D eigenvalue weighted by Crippen LogP contribution is 2.20. The Morgan fingerprint density at radius 3 is 2.25 bits per heavy atom. The van der Waals surface area contributed by atoms with Gasteiger partial charge in [0.25, 0.3) is 0 Å². The standard InChI is InChI=1S/C13H23N3O4/c1-8(2)11(12(18)19)15-13(20)16-5-3-9(4-6-16)7-10(14)17/h8-9,11H,3-7H2,1-2H3,(H2,14,17)(H,15,20)(H,18,19)/t11-/m0/s1. The van der Waals surface area contributed by atoms with Gasteiger partial charge in [0.05, 0.1) is 0 Å². The lowest BCUT2D eigenvalue weighted by molar-refractivity contribution is -0.140. The quantitative estimate of drug-likeness (QED) is 0.678. The molecule has 0 saturated carbocycles. The Hall–Kier alpha value is -1.79. The van der Waals surface area contributed by atoms with Crippen LogP contribution in [0.3, 0.4) is 0 Å². The first-order valence-corrected chi connectivity index (χ1v) is 6.87. The molecule has 114 valence electrons. The van der Waals surface area contributed by atoms with Crippen molar-refractivity contribution in [2.75, 3.05) is 13.1 Å². The van der Waals surface area contributed by atoms with Crippen molar-refractivity contribution >= 4 is 17.9 Å². The fourth-order valence-corrected chi connectivity index (χ4v) is 2.36. The van der Waals surface area contributed by atoms with Gasteiger partial charge in [-0.05, 0) is 24.7 Å². The maximum Gasteiger partial charge on any atom is 0.326 e. The number of urea groups is 1. The van der Waals surface area contributed by atoms with Crippen LogP contribution >= 0.6 is 0 Å². The zero-order valence-electron chi connectivity index (χ0n) is 12.0. The molecule has 20 heavy (non-hydrogen) atoms. The van der Waals surface area contributed by atoms with Crippen LogP contribution in [0.4, 0.5) is 4.79 Å². The summed E-state index contributed by atoms with van der Waals surface area (Å²) in [6, 6.07) is -1.24. The van der Waals surface area contributed by atoms with E-state index in [1.165, 1.54) is 0 Å². The van der Waals surface area contributed by atoms with E-state index in [-0.39, 0.29) is 23.8 Å². The normalized spacial score (nSPS) is 17.9. The first kappa shape index (κ1) is 16.3. The minimum absolute atomic E-state index is 0.177. The molecule has 3 amide bonds. The molecular formula is C13H23N3O4. The van der Waals surface area contributed by atoms with E-state index in [0.717, 1.165) is 12.8 Å². The Kier molecular flexibility index (Phi) is 5.79. The third-order valence-electron chi connectivity index (χ3n) is 3.60. The van der Waals surface area contributed by atoms with E-state index in [2.05, 4.69) is 5.32 Å². The summed E-state index contributed by atoms with van der Waals surface area (Å²) in [6.45, 7) is 4.54. The summed E-state index contributed by atoms with van der Waals surface area (Å²) in [5.74, 6) is -1.31. The minimum atomic E-state index is -1.03. The van der Waals surface area contributed by atoms with Gasteiger partial charge in [0.2, 0.25) is 5.91 Å². The van der Waals surface area contributed by atoms with Gasteiger partial charge in [-0.1, -0.05) is 13.8 Å². The summed E-state index contributed by atoms with van der Waals surface area (Å²) in [5, 5.41) is 11.6. The molecule has 1 atom stereocenters. The number of nitrogens with two attached hydrogens (primary N) is 1. The molecule has 0 aliphatic carbocycles. The number of hydrogen-bond donors (Lipinski definition) is 3. The van der Waals surface area contributed by atoms with E-state index in [4.69, 9.17) is 10.8 Å². The number of likely N-dealkylation sites (tertiary alicyclic amines) is 1. The van der Waals surface area contributed by atoms with Gasteiger partial charge in [-0.15, -0.1) is 0 Å². The van der Waals surface area contributed by atoms with Crippen molar-refractivity contribution in [3.05, 3.63) is 0 Å². The summed E-state index contributed by atoms with van der Waals surface area (Å²) in [7, 11) is 0. The number of carbonyl (C=O) groups excluding carboxylic acids is 2. The van der Waals surface area contributed by atoms with Crippen molar-refractivity contribution in [2.24, 2.45) is 17.6 Å². The van der Waals surface area contributed by atoms with Crippen LogP contribution < -0.4 is 11.1 Å². The maximum absolute atomic E-state index is 12.0. The molecule has 1 saturated heterocycles. The Balaban J connectivity index is 2.46. The molecule has 7 nitrogen and oxygen atoms in total. The van der Waals surface area contributed by atoms with Gasteiger partial charge in [0, 0.05) is 19.5 Å². The van der Waals surface area contributed by atoms with Gasteiger partial charge in [-0.25, -0.2) is 9.59 Å². The van der Waals surface area contributed by atoms with Crippen molar-refractivity contribution in [1.29, 1.82) is 0 Å². The third-order valence-corrected chi connectivity index (χ3v) is 3.60. The fraction of sp³-hybridized carbons (Fsp3) is 0.769. The van der Waals surface area contributed by atoms with Crippen LogP contribution in [0.15, 0.2) is 0 Å². The van der Waals surface area contributed by atoms with E-state index in [9.17, 15) is 14.4 Å². The zero-order chi connectivity index (χ0) is 15.3. The van der Waals surface area contributed by atoms with Crippen LogP contribution in [0.1, 0.15) is 33.1 Å². The largest absolute Gasteiger partial charge is 0.480 e. The fourth-order valence-electron chi connectivity index (χ4n) is 2.36. The molecule has 0 radical (unpaired) electrons. The molecule has 0 bridgehead atoms. The molecule has 1 rings (SSSR count). The smallest absolute Gasteiger partial charge is 0.326 e. The number of aliphatic carboxylic acids is 1. The predicted octanol–water partition coefficient (Wildman–Crippen LogP) is 0.393. The molecule has 1 heterocycles. The highest BCUT2D eigenvalue weighted by atomic mass is 16.4. The molecule has 7 heteroatoms. The van der Waals surface area contributed by atoms with E-state index < -0.39 is 12.0 Å². The number of nitrogens with one attached hydrogen (secondary N) is 1. The maximum atomic E-state index is 12.0. The first-order valence-electron chi connectivity index (χ1n) is 6.87. The summed E-state index contributed by atoms with van der Waals surface area (Å²) in [6.07, 6.45) is 1.78. The van der Waals surface area contributed by atoms with Crippen molar-refractivity contribution in [2.45, 2.75) is 39.2 Å². The van der Waals surface area contributed by atoms with Crippen LogP contribution in [-0.4, -0.2) is 47.0 Å². The van der Waals surface area contributed by atoms with Gasteiger partial charge in [-0.2, -0.15) is 0 Å². The van der Waals surface area contributed by atoms with Crippen LogP contribution in [0.2, 0.25) is 0 Å². The number of amides is 3. The molecule has 0 unspecified atom stereocenters. The van der Waals surface area contributed by atoms with Crippen LogP contribution in [0, 0.1) is 11.8 Å². The number of piperidine rings is 1. The Morgan fingerprint density at radius 1 is 1.30 bits per heavy atom. The number of carboxylic acid groups (broad SMARTS) is 1. The number of rotatable bonds is 5. The average molecular weight is 285 g/mol. The van der Waals surface area contributed by atoms with E-state index in [0.29, 0.717) is 19.5 Å². The van der Waals surface area contributed by atoms with Crippen molar-refractivity contribution in [3.8, 4) is 0 Å². The second kappa shape index (κ2) is 7.12. The summed E-state index contributed by atoms with van der Waals surface area (Å²) >= 11 is 0.